The lowest BCUT2D eigenvalue weighted by atomic mass is 9.76. The van der Waals surface area contributed by atoms with Crippen LogP contribution < -0.4 is 15.4 Å². The van der Waals surface area contributed by atoms with Crippen LogP contribution in [0.3, 0.4) is 0 Å². The number of rotatable bonds is 5. The molecule has 9 atom stereocenters. The number of nitrogens with zero attached hydrogens (tertiary/aromatic N) is 1. The van der Waals surface area contributed by atoms with E-state index in [4.69, 9.17) is 14.5 Å². The molecule has 5 heteroatoms. The Kier molecular flexibility index (Phi) is 7.57. The molecular formula is C45H43N3O2. The second-order valence-electron chi connectivity index (χ2n) is 14.8. The molecule has 2 aromatic carbocycles. The summed E-state index contributed by atoms with van der Waals surface area (Å²) in [6.45, 7) is 0. The van der Waals surface area contributed by atoms with Gasteiger partial charge in [0.25, 0.3) is 0 Å². The third-order valence-electron chi connectivity index (χ3n) is 11.8. The molecule has 1 saturated heterocycles. The Labute approximate surface area is 295 Å². The molecule has 3 heterocycles. The van der Waals surface area contributed by atoms with E-state index in [9.17, 15) is 0 Å². The van der Waals surface area contributed by atoms with Crippen LogP contribution in [0.15, 0.2) is 155 Å². The summed E-state index contributed by atoms with van der Waals surface area (Å²) in [4.78, 5) is 5.29. The minimum absolute atomic E-state index is 0.0416. The van der Waals surface area contributed by atoms with Gasteiger partial charge in [-0.2, -0.15) is 0 Å². The Morgan fingerprint density at radius 2 is 1.72 bits per heavy atom. The fourth-order valence-corrected chi connectivity index (χ4v) is 9.13. The van der Waals surface area contributed by atoms with Gasteiger partial charge in [-0.1, -0.05) is 115 Å². The van der Waals surface area contributed by atoms with Crippen LogP contribution >= 0.6 is 0 Å². The Bertz CT molecular complexity index is 2020. The molecule has 0 amide bonds. The van der Waals surface area contributed by atoms with Gasteiger partial charge in [0.15, 0.2) is 0 Å². The maximum atomic E-state index is 6.38. The van der Waals surface area contributed by atoms with Crippen LogP contribution in [0.25, 0.3) is 5.57 Å². The van der Waals surface area contributed by atoms with Gasteiger partial charge in [0.2, 0.25) is 0 Å². The van der Waals surface area contributed by atoms with Crippen LogP contribution in [-0.4, -0.2) is 36.5 Å². The van der Waals surface area contributed by atoms with Gasteiger partial charge in [0, 0.05) is 28.9 Å². The molecule has 50 heavy (non-hydrogen) atoms. The Morgan fingerprint density at radius 1 is 0.800 bits per heavy atom. The fraction of sp³-hybridized carbons (Fsp3) is 0.311. The van der Waals surface area contributed by atoms with E-state index in [0.717, 1.165) is 36.4 Å². The van der Waals surface area contributed by atoms with E-state index < -0.39 is 0 Å². The normalized spacial score (nSPS) is 34.6. The van der Waals surface area contributed by atoms with Gasteiger partial charge in [0.05, 0.1) is 12.2 Å². The zero-order valence-corrected chi connectivity index (χ0v) is 28.2. The molecule has 8 aliphatic rings. The molecule has 0 spiro atoms. The summed E-state index contributed by atoms with van der Waals surface area (Å²) in [5.41, 5.74) is 8.81. The molecule has 0 saturated carbocycles. The van der Waals surface area contributed by atoms with E-state index in [1.54, 1.807) is 0 Å². The first-order chi connectivity index (χ1) is 24.7. The van der Waals surface area contributed by atoms with Crippen molar-refractivity contribution >= 4 is 11.4 Å². The van der Waals surface area contributed by atoms with Crippen LogP contribution in [0.5, 0.6) is 5.75 Å². The van der Waals surface area contributed by atoms with E-state index in [1.165, 1.54) is 46.3 Å². The third kappa shape index (κ3) is 5.44. The molecule has 3 aliphatic heterocycles. The van der Waals surface area contributed by atoms with Gasteiger partial charge in [-0.3, -0.25) is 5.32 Å². The second-order valence-corrected chi connectivity index (χ2v) is 14.8. The molecule has 0 aromatic heterocycles. The highest BCUT2D eigenvalue weighted by Gasteiger charge is 2.43. The monoisotopic (exact) mass is 657 g/mol. The van der Waals surface area contributed by atoms with Crippen molar-refractivity contribution in [2.24, 2.45) is 22.7 Å². The van der Waals surface area contributed by atoms with Gasteiger partial charge in [0.1, 0.15) is 30.0 Å². The predicted octanol–water partition coefficient (Wildman–Crippen LogP) is 8.40. The average molecular weight is 658 g/mol. The smallest absolute Gasteiger partial charge is 0.131 e. The second kappa shape index (κ2) is 12.6. The van der Waals surface area contributed by atoms with Crippen LogP contribution in [0.2, 0.25) is 0 Å². The molecular weight excluding hydrogens is 615 g/mol. The first-order valence-corrected chi connectivity index (χ1v) is 18.6. The summed E-state index contributed by atoms with van der Waals surface area (Å²) in [7, 11) is 0. The van der Waals surface area contributed by atoms with Gasteiger partial charge in [-0.15, -0.1) is 0 Å². The highest BCUT2D eigenvalue weighted by molar-refractivity contribution is 6.00. The van der Waals surface area contributed by atoms with E-state index >= 15 is 0 Å². The van der Waals surface area contributed by atoms with Crippen molar-refractivity contribution in [3.63, 3.8) is 0 Å². The molecule has 5 aliphatic carbocycles. The SMILES string of the molecule is C1=CCCC(C2N=C(c3cccc(C4=CC5c6ccccc6OC5C=C4)c3)NC(C3=CCC(C4=CC5C(C=C4)OC4C=CCCC45)C=C3)N2)=C1. The highest BCUT2D eigenvalue weighted by atomic mass is 16.5. The number of hydrogen-bond donors (Lipinski definition) is 2. The first-order valence-electron chi connectivity index (χ1n) is 18.6. The Morgan fingerprint density at radius 3 is 2.64 bits per heavy atom. The molecule has 5 nitrogen and oxygen atoms in total. The van der Waals surface area contributed by atoms with Crippen molar-refractivity contribution in [3.05, 3.63) is 167 Å². The van der Waals surface area contributed by atoms with Crippen molar-refractivity contribution in [1.82, 2.24) is 10.6 Å². The lowest BCUT2D eigenvalue weighted by molar-refractivity contribution is 0.0822. The maximum Gasteiger partial charge on any atom is 0.131 e. The minimum Gasteiger partial charge on any atom is -0.485 e. The highest BCUT2D eigenvalue weighted by Crippen LogP contribution is 2.45. The molecule has 10 rings (SSSR count). The zero-order valence-electron chi connectivity index (χ0n) is 28.2. The average Bonchev–Trinajstić information content (AvgIpc) is 3.76. The number of benzene rings is 2. The number of para-hydroxylation sites is 1. The molecule has 250 valence electrons. The van der Waals surface area contributed by atoms with Crippen LogP contribution in [0.1, 0.15) is 54.7 Å². The first kappa shape index (κ1) is 30.1. The molecule has 0 radical (unpaired) electrons. The maximum absolute atomic E-state index is 6.38. The number of amidine groups is 1. The van der Waals surface area contributed by atoms with Crippen LogP contribution in [0.4, 0.5) is 0 Å². The summed E-state index contributed by atoms with van der Waals surface area (Å²) in [6.07, 6.45) is 38.2. The number of allylic oxidation sites excluding steroid dienone is 10. The standard InChI is InChI=1S/C45H43N3O2/c1-2-9-29(10-3-1)43-46-44(30-19-17-28(18-20-30)32-21-23-41-37(26-32)35-13-4-6-15-39(35)49-41)48-45(47-43)34-12-8-11-31(25-34)33-22-24-42-38(27-33)36-14-5-7-16-40(36)50-42/h1-2,5-9,11-12,14-17,19-28,35,37-39,41-44,46H,3-4,10,13,18H2,(H,47,48). The molecule has 2 N–H and O–H groups in total. The number of aliphatic imine (C=N–C) groups is 1. The van der Waals surface area contributed by atoms with Crippen LogP contribution in [-0.2, 0) is 4.74 Å². The summed E-state index contributed by atoms with van der Waals surface area (Å²) < 4.78 is 12.6. The number of nitrogens with one attached hydrogen (secondary N) is 2. The molecule has 1 fully saturated rings. The summed E-state index contributed by atoms with van der Waals surface area (Å²) in [6, 6.07) is 17.3. The lowest BCUT2D eigenvalue weighted by Crippen LogP contribution is -2.55. The quantitative estimate of drug-likeness (QED) is 0.317. The van der Waals surface area contributed by atoms with Gasteiger partial charge in [-0.05, 0) is 84.1 Å². The predicted molar refractivity (Wildman–Crippen MR) is 201 cm³/mol. The van der Waals surface area contributed by atoms with Crippen molar-refractivity contribution < 1.29 is 9.47 Å². The molecule has 0 bridgehead atoms. The minimum atomic E-state index is -0.0839. The van der Waals surface area contributed by atoms with Crippen molar-refractivity contribution in [1.29, 1.82) is 0 Å². The Balaban J connectivity index is 0.902. The van der Waals surface area contributed by atoms with Crippen molar-refractivity contribution in [2.45, 2.75) is 68.7 Å². The zero-order chi connectivity index (χ0) is 33.0. The molecule has 2 aromatic rings. The number of ether oxygens (including phenoxy) is 2. The Hall–Kier alpha value is -4.71. The number of hydrogen-bond acceptors (Lipinski definition) is 5. The third-order valence-corrected chi connectivity index (χ3v) is 11.8. The van der Waals surface area contributed by atoms with Gasteiger partial charge >= 0.3 is 0 Å². The lowest BCUT2D eigenvalue weighted by Gasteiger charge is -2.35. The fourth-order valence-electron chi connectivity index (χ4n) is 9.13. The van der Waals surface area contributed by atoms with Crippen molar-refractivity contribution in [3.8, 4) is 5.75 Å². The summed E-state index contributed by atoms with van der Waals surface area (Å²) in [5.74, 6) is 3.63. The van der Waals surface area contributed by atoms with Gasteiger partial charge in [-0.25, -0.2) is 4.99 Å². The molecule has 9 unspecified atom stereocenters. The van der Waals surface area contributed by atoms with E-state index in [1.807, 2.05) is 6.07 Å². The van der Waals surface area contributed by atoms with E-state index in [0.29, 0.717) is 17.8 Å². The van der Waals surface area contributed by atoms with Crippen molar-refractivity contribution in [2.75, 3.05) is 0 Å². The number of fused-ring (bicyclic) bond motifs is 6. The summed E-state index contributed by atoms with van der Waals surface area (Å²) in [5, 5.41) is 7.66. The van der Waals surface area contributed by atoms with Crippen LogP contribution in [0, 0.1) is 17.8 Å². The largest absolute Gasteiger partial charge is 0.485 e. The van der Waals surface area contributed by atoms with E-state index in [-0.39, 0.29) is 36.6 Å². The van der Waals surface area contributed by atoms with E-state index in [2.05, 4.69) is 138 Å². The topological polar surface area (TPSA) is 54.9 Å². The summed E-state index contributed by atoms with van der Waals surface area (Å²) >= 11 is 0. The van der Waals surface area contributed by atoms with Gasteiger partial charge < -0.3 is 14.8 Å².